The Hall–Kier alpha value is -3.10. The van der Waals surface area contributed by atoms with Crippen molar-refractivity contribution in [1.82, 2.24) is 5.32 Å². The van der Waals surface area contributed by atoms with E-state index in [-0.39, 0.29) is 18.7 Å². The van der Waals surface area contributed by atoms with Crippen LogP contribution in [0.4, 0.5) is 4.79 Å². The molecule has 7 nitrogen and oxygen atoms in total. The molecular weight excluding hydrogens is 421 g/mol. The van der Waals surface area contributed by atoms with Gasteiger partial charge in [-0.15, -0.1) is 0 Å². The second kappa shape index (κ2) is 9.81. The van der Waals surface area contributed by atoms with E-state index in [1.54, 1.807) is 25.1 Å². The summed E-state index contributed by atoms with van der Waals surface area (Å²) < 4.78 is 17.6. The van der Waals surface area contributed by atoms with Gasteiger partial charge in [0.2, 0.25) is 0 Å². The van der Waals surface area contributed by atoms with E-state index in [4.69, 9.17) is 14.0 Å². The molecule has 0 unspecified atom stereocenters. The summed E-state index contributed by atoms with van der Waals surface area (Å²) >= 11 is 0. The van der Waals surface area contributed by atoms with Crippen molar-refractivity contribution >= 4 is 25.3 Å². The molecule has 33 heavy (non-hydrogen) atoms. The topological polar surface area (TPSA) is 94.1 Å². The van der Waals surface area contributed by atoms with E-state index in [1.165, 1.54) is 0 Å². The van der Waals surface area contributed by atoms with Crippen molar-refractivity contribution in [2.24, 2.45) is 0 Å². The fraction of sp³-hybridized carbons (Fsp3) is 0.360. The molecule has 8 heteroatoms. The molecule has 0 bridgehead atoms. The molecule has 3 rings (SSSR count). The summed E-state index contributed by atoms with van der Waals surface area (Å²) in [4.78, 5) is 23.9. The number of benzene rings is 2. The van der Waals surface area contributed by atoms with Crippen LogP contribution < -0.4 is 5.32 Å². The number of alkyl carbamates (subject to hydrolysis) is 1. The summed E-state index contributed by atoms with van der Waals surface area (Å²) in [6.07, 6.45) is 1.21. The zero-order valence-electron chi connectivity index (χ0n) is 19.7. The van der Waals surface area contributed by atoms with E-state index in [2.05, 4.69) is 5.32 Å². The first-order chi connectivity index (χ1) is 15.5. The van der Waals surface area contributed by atoms with Gasteiger partial charge in [-0.05, 0) is 62.8 Å². The van der Waals surface area contributed by atoms with Gasteiger partial charge in [0.05, 0.1) is 16.8 Å². The number of carboxylic acid groups (broad SMARTS) is 1. The van der Waals surface area contributed by atoms with E-state index in [0.717, 1.165) is 5.56 Å². The Morgan fingerprint density at radius 3 is 2.30 bits per heavy atom. The van der Waals surface area contributed by atoms with E-state index in [9.17, 15) is 14.7 Å². The zero-order chi connectivity index (χ0) is 24.2. The molecule has 174 valence electrons. The average Bonchev–Trinajstić information content (AvgIpc) is 2.98. The predicted octanol–water partition coefficient (Wildman–Crippen LogP) is 4.63. The minimum absolute atomic E-state index is 0.112. The Morgan fingerprint density at radius 2 is 1.70 bits per heavy atom. The lowest BCUT2D eigenvalue weighted by atomic mass is 9.77. The maximum atomic E-state index is 12.3. The van der Waals surface area contributed by atoms with Gasteiger partial charge < -0.3 is 24.5 Å². The van der Waals surface area contributed by atoms with Gasteiger partial charge in [-0.25, -0.2) is 9.59 Å². The molecule has 1 saturated heterocycles. The third-order valence-electron chi connectivity index (χ3n) is 6.05. The van der Waals surface area contributed by atoms with Crippen molar-refractivity contribution in [3.05, 3.63) is 76.3 Å². The van der Waals surface area contributed by atoms with Crippen LogP contribution in [0.15, 0.2) is 54.0 Å². The molecule has 0 atom stereocenters. The van der Waals surface area contributed by atoms with Gasteiger partial charge in [-0.3, -0.25) is 0 Å². The third-order valence-corrected chi connectivity index (χ3v) is 6.05. The number of carbonyl (C=O) groups is 2. The highest BCUT2D eigenvalue weighted by molar-refractivity contribution is 6.56. The molecule has 1 amide bonds. The highest BCUT2D eigenvalue weighted by atomic mass is 16.7. The summed E-state index contributed by atoms with van der Waals surface area (Å²) in [5.41, 5.74) is 1.95. The van der Waals surface area contributed by atoms with E-state index < -0.39 is 30.4 Å². The SMILES string of the molecule is Cc1ccc(C=C(CNC(=O)OCc2ccccc2)B2OC(C)(C)C(C)(C)O2)cc1C(=O)O. The van der Waals surface area contributed by atoms with Gasteiger partial charge in [0.1, 0.15) is 6.61 Å². The molecule has 2 aromatic rings. The van der Waals surface area contributed by atoms with Crippen molar-refractivity contribution in [1.29, 1.82) is 0 Å². The Balaban J connectivity index is 1.79. The van der Waals surface area contributed by atoms with Crippen LogP contribution in [0.2, 0.25) is 0 Å². The van der Waals surface area contributed by atoms with Crippen molar-refractivity contribution in [2.75, 3.05) is 6.54 Å². The maximum Gasteiger partial charge on any atom is 0.492 e. The average molecular weight is 451 g/mol. The number of rotatable bonds is 7. The lowest BCUT2D eigenvalue weighted by molar-refractivity contribution is 0.00578. The highest BCUT2D eigenvalue weighted by Crippen LogP contribution is 2.38. The van der Waals surface area contributed by atoms with Crippen LogP contribution >= 0.6 is 0 Å². The van der Waals surface area contributed by atoms with Gasteiger partial charge in [-0.1, -0.05) is 48.5 Å². The number of aryl methyl sites for hydroxylation is 1. The third kappa shape index (κ3) is 6.03. The van der Waals surface area contributed by atoms with E-state index in [1.807, 2.05) is 64.1 Å². The first-order valence-corrected chi connectivity index (χ1v) is 10.8. The minimum atomic E-state index is -0.998. The molecule has 1 aliphatic rings. The van der Waals surface area contributed by atoms with Crippen molar-refractivity contribution in [3.63, 3.8) is 0 Å². The Kier molecular flexibility index (Phi) is 7.30. The normalized spacial score (nSPS) is 17.0. The number of amides is 1. The minimum Gasteiger partial charge on any atom is -0.478 e. The molecular formula is C25H30BNO6. The molecule has 0 aliphatic carbocycles. The van der Waals surface area contributed by atoms with Crippen LogP contribution in [0, 0.1) is 6.92 Å². The summed E-state index contributed by atoms with van der Waals surface area (Å²) in [7, 11) is -0.709. The van der Waals surface area contributed by atoms with Crippen LogP contribution in [-0.2, 0) is 20.7 Å². The number of hydrogen-bond acceptors (Lipinski definition) is 5. The lowest BCUT2D eigenvalue weighted by Crippen LogP contribution is -2.41. The molecule has 0 saturated carbocycles. The molecule has 1 aliphatic heterocycles. The molecule has 1 heterocycles. The molecule has 0 aromatic heterocycles. The number of carbonyl (C=O) groups excluding carboxylic acids is 1. The number of ether oxygens (including phenoxy) is 1. The van der Waals surface area contributed by atoms with Crippen molar-refractivity contribution < 1.29 is 28.7 Å². The van der Waals surface area contributed by atoms with Crippen LogP contribution in [-0.4, -0.2) is 42.0 Å². The second-order valence-corrected chi connectivity index (χ2v) is 9.10. The van der Waals surface area contributed by atoms with Crippen molar-refractivity contribution in [2.45, 2.75) is 52.4 Å². The molecule has 0 spiro atoms. The van der Waals surface area contributed by atoms with Crippen molar-refractivity contribution in [3.8, 4) is 0 Å². The zero-order valence-corrected chi connectivity index (χ0v) is 19.7. The van der Waals surface area contributed by atoms with Crippen LogP contribution in [0.25, 0.3) is 6.08 Å². The maximum absolute atomic E-state index is 12.3. The summed E-state index contributed by atoms with van der Waals surface area (Å²) in [5.74, 6) is -0.998. The molecule has 0 radical (unpaired) electrons. The van der Waals surface area contributed by atoms with E-state index >= 15 is 0 Å². The first-order valence-electron chi connectivity index (χ1n) is 10.8. The smallest absolute Gasteiger partial charge is 0.478 e. The van der Waals surface area contributed by atoms with Crippen LogP contribution in [0.3, 0.4) is 0 Å². The summed E-state index contributed by atoms with van der Waals surface area (Å²) in [5, 5.41) is 12.2. The molecule has 2 N–H and O–H groups in total. The van der Waals surface area contributed by atoms with Gasteiger partial charge in [0.25, 0.3) is 0 Å². The molecule has 2 aromatic carbocycles. The lowest BCUT2D eigenvalue weighted by Gasteiger charge is -2.32. The number of hydrogen-bond donors (Lipinski definition) is 2. The van der Waals surface area contributed by atoms with Gasteiger partial charge in [-0.2, -0.15) is 0 Å². The Labute approximate surface area is 194 Å². The number of carboxylic acids is 1. The summed E-state index contributed by atoms with van der Waals surface area (Å²) in [6.45, 7) is 9.79. The van der Waals surface area contributed by atoms with Gasteiger partial charge in [0, 0.05) is 6.54 Å². The quantitative estimate of drug-likeness (QED) is 0.596. The number of nitrogens with one attached hydrogen (secondary N) is 1. The Morgan fingerprint density at radius 1 is 1.06 bits per heavy atom. The van der Waals surface area contributed by atoms with Crippen LogP contribution in [0.1, 0.15) is 54.7 Å². The largest absolute Gasteiger partial charge is 0.492 e. The number of aromatic carboxylic acids is 1. The molecule has 1 fully saturated rings. The second-order valence-electron chi connectivity index (χ2n) is 9.10. The monoisotopic (exact) mass is 451 g/mol. The van der Waals surface area contributed by atoms with Gasteiger partial charge >= 0.3 is 19.2 Å². The Bertz CT molecular complexity index is 1030. The van der Waals surface area contributed by atoms with E-state index in [0.29, 0.717) is 16.6 Å². The predicted molar refractivity (Wildman–Crippen MR) is 127 cm³/mol. The first kappa shape index (κ1) is 24.5. The fourth-order valence-corrected chi connectivity index (χ4v) is 3.32. The highest BCUT2D eigenvalue weighted by Gasteiger charge is 2.52. The fourth-order valence-electron chi connectivity index (χ4n) is 3.32. The summed E-state index contributed by atoms with van der Waals surface area (Å²) in [6, 6.07) is 14.6. The van der Waals surface area contributed by atoms with Crippen LogP contribution in [0.5, 0.6) is 0 Å². The standard InChI is InChI=1S/C25H30BNO6/c1-17-11-12-19(14-21(17)22(28)29)13-20(26-32-24(2,3)25(4,5)33-26)15-27-23(30)31-16-18-9-7-6-8-10-18/h6-14H,15-16H2,1-5H3,(H,27,30)(H,28,29). The van der Waals surface area contributed by atoms with Gasteiger partial charge in [0.15, 0.2) is 0 Å².